The molecule has 19 heavy (non-hydrogen) atoms. The highest BCUT2D eigenvalue weighted by Crippen LogP contribution is 2.39. The molecule has 2 N–H and O–H groups in total. The molecule has 0 spiro atoms. The Kier molecular flexibility index (Phi) is 4.80. The summed E-state index contributed by atoms with van der Waals surface area (Å²) >= 11 is 0. The lowest BCUT2D eigenvalue weighted by atomic mass is 9.88. The number of nitrogens with one attached hydrogen (secondary N) is 1. The van der Waals surface area contributed by atoms with Gasteiger partial charge in [0.1, 0.15) is 0 Å². The Hall–Kier alpha value is -1.10. The molecule has 0 aromatic heterocycles. The van der Waals surface area contributed by atoms with Crippen molar-refractivity contribution in [2.24, 2.45) is 5.92 Å². The second kappa shape index (κ2) is 6.37. The number of carboxylic acid groups (broad SMARTS) is 1. The highest BCUT2D eigenvalue weighted by Gasteiger charge is 2.41. The third kappa shape index (κ3) is 3.69. The van der Waals surface area contributed by atoms with E-state index in [1.807, 2.05) is 6.92 Å². The van der Waals surface area contributed by atoms with Gasteiger partial charge in [0.25, 0.3) is 0 Å². The summed E-state index contributed by atoms with van der Waals surface area (Å²) in [5.74, 6) is -0.293. The van der Waals surface area contributed by atoms with E-state index in [-0.39, 0.29) is 12.3 Å². The predicted molar refractivity (Wildman–Crippen MR) is 71.8 cm³/mol. The third-order valence-corrected chi connectivity index (χ3v) is 4.34. The smallest absolute Gasteiger partial charge is 0.303 e. The highest BCUT2D eigenvalue weighted by molar-refractivity contribution is 5.78. The lowest BCUT2D eigenvalue weighted by Gasteiger charge is -2.38. The van der Waals surface area contributed by atoms with Crippen LogP contribution in [0.3, 0.4) is 0 Å². The van der Waals surface area contributed by atoms with Crippen molar-refractivity contribution in [3.8, 4) is 0 Å². The average molecular weight is 268 g/mol. The maximum absolute atomic E-state index is 11.8. The van der Waals surface area contributed by atoms with Crippen molar-refractivity contribution in [1.29, 1.82) is 0 Å². The Morgan fingerprint density at radius 2 is 1.89 bits per heavy atom. The predicted octanol–water partition coefficient (Wildman–Crippen LogP) is 1.23. The van der Waals surface area contributed by atoms with Crippen LogP contribution in [-0.4, -0.2) is 47.1 Å². The topological polar surface area (TPSA) is 69.6 Å². The molecular weight excluding hydrogens is 244 g/mol. The highest BCUT2D eigenvalue weighted by atomic mass is 16.4. The van der Waals surface area contributed by atoms with Gasteiger partial charge in [-0.3, -0.25) is 14.5 Å². The van der Waals surface area contributed by atoms with Gasteiger partial charge in [-0.1, -0.05) is 6.92 Å². The number of hydrogen-bond acceptors (Lipinski definition) is 3. The van der Waals surface area contributed by atoms with Gasteiger partial charge in [-0.05, 0) is 38.0 Å². The summed E-state index contributed by atoms with van der Waals surface area (Å²) in [5.41, 5.74) is 0. The van der Waals surface area contributed by atoms with Crippen molar-refractivity contribution >= 4 is 11.9 Å². The molecular formula is C14H24N2O3. The van der Waals surface area contributed by atoms with Crippen LogP contribution in [0.4, 0.5) is 0 Å². The molecule has 0 saturated carbocycles. The molecule has 108 valence electrons. The Morgan fingerprint density at radius 3 is 2.42 bits per heavy atom. The maximum atomic E-state index is 11.8. The molecule has 2 unspecified atom stereocenters. The van der Waals surface area contributed by atoms with Gasteiger partial charge in [-0.25, -0.2) is 0 Å². The van der Waals surface area contributed by atoms with Crippen molar-refractivity contribution in [2.45, 2.75) is 57.5 Å². The van der Waals surface area contributed by atoms with Crippen LogP contribution in [0, 0.1) is 5.92 Å². The fourth-order valence-corrected chi connectivity index (χ4v) is 3.54. The lowest BCUT2D eigenvalue weighted by Crippen LogP contribution is -2.48. The van der Waals surface area contributed by atoms with Crippen LogP contribution in [0.15, 0.2) is 0 Å². The molecule has 5 heteroatoms. The standard InChI is InChI=1S/C14H24N2O3/c1-2-5-15-13(17)9-16-11-3-4-12(16)7-10(6-11)8-14(18)19/h10-12H,2-9H2,1H3,(H,15,17)(H,18,19). The summed E-state index contributed by atoms with van der Waals surface area (Å²) in [6, 6.07) is 0.825. The summed E-state index contributed by atoms with van der Waals surface area (Å²) < 4.78 is 0. The Balaban J connectivity index is 1.85. The zero-order chi connectivity index (χ0) is 13.8. The fraction of sp³-hybridized carbons (Fsp3) is 0.857. The normalized spacial score (nSPS) is 30.3. The van der Waals surface area contributed by atoms with E-state index in [1.54, 1.807) is 0 Å². The Labute approximate surface area is 114 Å². The molecule has 2 rings (SSSR count). The van der Waals surface area contributed by atoms with Gasteiger partial charge in [0.05, 0.1) is 6.54 Å². The van der Waals surface area contributed by atoms with Crippen molar-refractivity contribution in [1.82, 2.24) is 10.2 Å². The molecule has 2 aliphatic rings. The number of carbonyl (C=O) groups excluding carboxylic acids is 1. The second-order valence-corrected chi connectivity index (χ2v) is 5.84. The summed E-state index contributed by atoms with van der Waals surface area (Å²) in [6.07, 6.45) is 5.33. The van der Waals surface area contributed by atoms with E-state index in [0.717, 1.165) is 38.6 Å². The van der Waals surface area contributed by atoms with Crippen LogP contribution in [0.1, 0.15) is 45.4 Å². The third-order valence-electron chi connectivity index (χ3n) is 4.34. The average Bonchev–Trinajstić information content (AvgIpc) is 2.59. The number of fused-ring (bicyclic) bond motifs is 2. The monoisotopic (exact) mass is 268 g/mol. The maximum Gasteiger partial charge on any atom is 0.303 e. The number of carboxylic acids is 1. The zero-order valence-corrected chi connectivity index (χ0v) is 11.6. The second-order valence-electron chi connectivity index (χ2n) is 5.84. The summed E-state index contributed by atoms with van der Waals surface area (Å²) in [5, 5.41) is 11.8. The molecule has 0 aromatic carbocycles. The number of hydrogen-bond donors (Lipinski definition) is 2. The Bertz CT molecular complexity index is 332. The van der Waals surface area contributed by atoms with E-state index in [1.165, 1.54) is 0 Å². The summed E-state index contributed by atoms with van der Waals surface area (Å²) in [4.78, 5) is 24.9. The van der Waals surface area contributed by atoms with E-state index in [9.17, 15) is 9.59 Å². The molecule has 2 heterocycles. The molecule has 0 aromatic rings. The number of amides is 1. The van der Waals surface area contributed by atoms with Crippen LogP contribution in [0.2, 0.25) is 0 Å². The minimum Gasteiger partial charge on any atom is -0.481 e. The molecule has 1 amide bonds. The van der Waals surface area contributed by atoms with Gasteiger partial charge < -0.3 is 10.4 Å². The molecule has 2 saturated heterocycles. The van der Waals surface area contributed by atoms with Crippen LogP contribution in [-0.2, 0) is 9.59 Å². The van der Waals surface area contributed by atoms with Gasteiger partial charge >= 0.3 is 5.97 Å². The quantitative estimate of drug-likeness (QED) is 0.760. The van der Waals surface area contributed by atoms with E-state index < -0.39 is 5.97 Å². The van der Waals surface area contributed by atoms with Gasteiger partial charge in [0, 0.05) is 25.0 Å². The van der Waals surface area contributed by atoms with Crippen molar-refractivity contribution < 1.29 is 14.7 Å². The number of aliphatic carboxylic acids is 1. The first-order valence-corrected chi connectivity index (χ1v) is 7.34. The van der Waals surface area contributed by atoms with Crippen LogP contribution < -0.4 is 5.32 Å². The summed E-state index contributed by atoms with van der Waals surface area (Å²) in [6.45, 7) is 3.26. The molecule has 0 radical (unpaired) electrons. The summed E-state index contributed by atoms with van der Waals surface area (Å²) in [7, 11) is 0. The van der Waals surface area contributed by atoms with Gasteiger partial charge in [0.15, 0.2) is 0 Å². The minimum atomic E-state index is -0.696. The molecule has 2 fully saturated rings. The number of nitrogens with zero attached hydrogens (tertiary/aromatic N) is 1. The molecule has 2 bridgehead atoms. The van der Waals surface area contributed by atoms with Crippen molar-refractivity contribution in [3.05, 3.63) is 0 Å². The van der Waals surface area contributed by atoms with E-state index in [0.29, 0.717) is 24.5 Å². The van der Waals surface area contributed by atoms with E-state index in [2.05, 4.69) is 10.2 Å². The first-order valence-electron chi connectivity index (χ1n) is 7.34. The first kappa shape index (κ1) is 14.3. The first-order chi connectivity index (χ1) is 9.10. The zero-order valence-electron chi connectivity index (χ0n) is 11.6. The van der Waals surface area contributed by atoms with Crippen LogP contribution in [0.5, 0.6) is 0 Å². The largest absolute Gasteiger partial charge is 0.481 e. The number of rotatable bonds is 6. The molecule has 0 aliphatic carbocycles. The fourth-order valence-electron chi connectivity index (χ4n) is 3.54. The lowest BCUT2D eigenvalue weighted by molar-refractivity contribution is -0.139. The van der Waals surface area contributed by atoms with Crippen LogP contribution in [0.25, 0.3) is 0 Å². The molecule has 5 nitrogen and oxygen atoms in total. The van der Waals surface area contributed by atoms with Gasteiger partial charge in [-0.2, -0.15) is 0 Å². The number of carbonyl (C=O) groups is 2. The van der Waals surface area contributed by atoms with Crippen molar-refractivity contribution in [2.75, 3.05) is 13.1 Å². The molecule has 2 atom stereocenters. The van der Waals surface area contributed by atoms with E-state index in [4.69, 9.17) is 5.11 Å². The van der Waals surface area contributed by atoms with Crippen LogP contribution >= 0.6 is 0 Å². The van der Waals surface area contributed by atoms with Crippen molar-refractivity contribution in [3.63, 3.8) is 0 Å². The van der Waals surface area contributed by atoms with E-state index >= 15 is 0 Å². The SMILES string of the molecule is CCCNC(=O)CN1C2CCC1CC(CC(=O)O)C2. The molecule has 2 aliphatic heterocycles. The van der Waals surface area contributed by atoms with Gasteiger partial charge in [-0.15, -0.1) is 0 Å². The number of piperidine rings is 1. The Morgan fingerprint density at radius 1 is 1.26 bits per heavy atom. The minimum absolute atomic E-state index is 0.107. The van der Waals surface area contributed by atoms with Gasteiger partial charge in [0.2, 0.25) is 5.91 Å².